The Bertz CT molecular complexity index is 2370. The van der Waals surface area contributed by atoms with Gasteiger partial charge in [0, 0.05) is 82.9 Å². The molecule has 3 aromatic heterocycles. The Morgan fingerprint density at radius 3 is 2.64 bits per heavy atom. The highest BCUT2D eigenvalue weighted by Crippen LogP contribution is 2.54. The molecule has 0 spiro atoms. The maximum absolute atomic E-state index is 17.3. The monoisotopic (exact) mass is 747 g/mol. The van der Waals surface area contributed by atoms with Crippen molar-refractivity contribution in [1.29, 1.82) is 5.26 Å². The molecule has 5 aromatic rings. The lowest BCUT2D eigenvalue weighted by Crippen LogP contribution is -2.45. The molecule has 53 heavy (non-hydrogen) atoms. The number of pyridine rings is 2. The van der Waals surface area contributed by atoms with E-state index < -0.39 is 5.82 Å². The number of amides is 1. The first-order valence-corrected chi connectivity index (χ1v) is 19.7. The van der Waals surface area contributed by atoms with Gasteiger partial charge in [0.25, 0.3) is 0 Å². The summed E-state index contributed by atoms with van der Waals surface area (Å²) in [6.07, 6.45) is 6.47. The normalized spacial score (nSPS) is 26.0. The van der Waals surface area contributed by atoms with Gasteiger partial charge in [0.1, 0.15) is 5.52 Å². The number of anilines is 1. The Kier molecular flexibility index (Phi) is 7.81. The van der Waals surface area contributed by atoms with Gasteiger partial charge >= 0.3 is 0 Å². The zero-order valence-corrected chi connectivity index (χ0v) is 31.3. The van der Waals surface area contributed by atoms with Gasteiger partial charge in [-0.3, -0.25) is 9.78 Å². The molecule has 2 saturated carbocycles. The molecule has 6 fully saturated rings. The third-order valence-corrected chi connectivity index (χ3v) is 13.6. The summed E-state index contributed by atoms with van der Waals surface area (Å²) in [6.45, 7) is 6.50. The molecular weight excluding hydrogens is 708 g/mol. The largest absolute Gasteiger partial charge is 0.368 e. The van der Waals surface area contributed by atoms with Crippen molar-refractivity contribution in [2.24, 2.45) is 17.8 Å². The number of benzene rings is 2. The summed E-state index contributed by atoms with van der Waals surface area (Å²) >= 11 is 13.2. The van der Waals surface area contributed by atoms with E-state index in [-0.39, 0.29) is 52.8 Å². The topological polar surface area (TPSA) is 90.1 Å². The van der Waals surface area contributed by atoms with Gasteiger partial charge in [-0.05, 0) is 87.8 Å². The van der Waals surface area contributed by atoms with Crippen molar-refractivity contribution in [2.45, 2.75) is 76.5 Å². The fourth-order valence-corrected chi connectivity index (χ4v) is 10.6. The predicted octanol–water partition coefficient (Wildman–Crippen LogP) is 8.49. The van der Waals surface area contributed by atoms with Gasteiger partial charge < -0.3 is 19.7 Å². The fraction of sp³-hybridized carbons (Fsp3) is 0.429. The van der Waals surface area contributed by atoms with Gasteiger partial charge in [-0.25, -0.2) is 9.37 Å². The first kappa shape index (κ1) is 33.3. The third-order valence-electron chi connectivity index (χ3n) is 12.8. The van der Waals surface area contributed by atoms with Crippen LogP contribution in [0.2, 0.25) is 10.0 Å². The van der Waals surface area contributed by atoms with E-state index >= 15 is 4.39 Å². The lowest BCUT2D eigenvalue weighted by Gasteiger charge is -2.40. The highest BCUT2D eigenvalue weighted by atomic mass is 35.5. The van der Waals surface area contributed by atoms with Crippen LogP contribution in [0.5, 0.6) is 0 Å². The molecule has 11 rings (SSSR count). The number of hydrogen-bond donors (Lipinski definition) is 1. The lowest BCUT2D eigenvalue weighted by molar-refractivity contribution is -0.135. The summed E-state index contributed by atoms with van der Waals surface area (Å²) in [5.74, 6) is 0.548. The number of carbonyl (C=O) groups excluding carboxylic acids is 1. The van der Waals surface area contributed by atoms with Gasteiger partial charge in [-0.1, -0.05) is 35.3 Å². The molecule has 1 N–H and O–H groups in total. The van der Waals surface area contributed by atoms with Gasteiger partial charge in [-0.2, -0.15) is 5.26 Å². The molecule has 6 aliphatic rings. The van der Waals surface area contributed by atoms with Crippen molar-refractivity contribution in [3.63, 3.8) is 0 Å². The summed E-state index contributed by atoms with van der Waals surface area (Å²) in [5, 5.41) is 15.7. The molecule has 4 bridgehead atoms. The van der Waals surface area contributed by atoms with E-state index in [1.54, 1.807) is 18.2 Å². The van der Waals surface area contributed by atoms with Crippen LogP contribution >= 0.6 is 23.2 Å². The molecule has 7 heterocycles. The van der Waals surface area contributed by atoms with Crippen molar-refractivity contribution >= 4 is 56.6 Å². The Balaban J connectivity index is 1.21. The quantitative estimate of drug-likeness (QED) is 0.180. The molecule has 2 aromatic carbocycles. The van der Waals surface area contributed by atoms with Crippen LogP contribution in [0.3, 0.4) is 0 Å². The summed E-state index contributed by atoms with van der Waals surface area (Å²) in [5.41, 5.74) is 6.72. The second kappa shape index (κ2) is 12.4. The van der Waals surface area contributed by atoms with Gasteiger partial charge in [0.05, 0.1) is 51.6 Å². The number of fused-ring (bicyclic) bond motifs is 6. The number of likely N-dealkylation sites (tertiary alicyclic amines) is 1. The molecule has 4 aliphatic heterocycles. The molecule has 8 nitrogen and oxygen atoms in total. The molecule has 0 radical (unpaired) electrons. The molecule has 4 saturated heterocycles. The van der Waals surface area contributed by atoms with Crippen molar-refractivity contribution in [1.82, 2.24) is 24.8 Å². The van der Waals surface area contributed by atoms with Crippen LogP contribution in [-0.4, -0.2) is 57.1 Å². The molecular formula is C42H40Cl2FN7O. The molecule has 6 unspecified atom stereocenters. The fourth-order valence-electron chi connectivity index (χ4n) is 10.2. The van der Waals surface area contributed by atoms with Crippen molar-refractivity contribution in [3.05, 3.63) is 87.2 Å². The second-order valence-corrected chi connectivity index (χ2v) is 16.7. The number of nitriles is 1. The van der Waals surface area contributed by atoms with Crippen LogP contribution in [-0.2, 0) is 11.2 Å². The van der Waals surface area contributed by atoms with Crippen LogP contribution in [0.15, 0.2) is 48.7 Å². The van der Waals surface area contributed by atoms with E-state index in [4.69, 9.17) is 28.2 Å². The molecule has 6 atom stereocenters. The van der Waals surface area contributed by atoms with Crippen molar-refractivity contribution < 1.29 is 9.18 Å². The van der Waals surface area contributed by atoms with Crippen LogP contribution < -0.4 is 10.2 Å². The molecule has 11 heteroatoms. The van der Waals surface area contributed by atoms with Crippen LogP contribution in [0, 0.1) is 48.7 Å². The predicted molar refractivity (Wildman–Crippen MR) is 206 cm³/mol. The highest BCUT2D eigenvalue weighted by molar-refractivity contribution is 6.43. The number of aryl methyl sites for hydroxylation is 3. The van der Waals surface area contributed by atoms with E-state index in [1.165, 1.54) is 0 Å². The summed E-state index contributed by atoms with van der Waals surface area (Å²) in [7, 11) is 0. The first-order chi connectivity index (χ1) is 25.7. The molecule has 270 valence electrons. The maximum atomic E-state index is 17.3. The standard InChI is InChI=1S/C42H40Cl2FN7O/c1-21-8-11-27(18-47-21)50-19-26-13-28(20-50)51(42(53)23-9-10-23)40(26)34-16-30-22(2)49-38-31(41(30)52(34)39-25-15-33(39)48-17-25)14-24(5-4-12-46)35(37(38)45)29-6-3-7-32(43)36(29)44/h3,6-8,11,14,16,18,23,25-26,28,33,39-40,48H,4-5,9-10,13,15,17,19-20H2,1-2H3. The Morgan fingerprint density at radius 2 is 1.92 bits per heavy atom. The van der Waals surface area contributed by atoms with Gasteiger partial charge in [0.15, 0.2) is 5.82 Å². The molecule has 2 aliphatic carbocycles. The Hall–Kier alpha value is -4.23. The summed E-state index contributed by atoms with van der Waals surface area (Å²) in [6, 6.07) is 16.5. The SMILES string of the molecule is Cc1ccc(N2CC3CC(C2)N(C(=O)C2CC2)C3c2cc3c(C)nc4c(F)c(-c5cccc(Cl)c5Cl)c(CCC#N)cc4c3n2C2C3CNC2C3)cn1. The number of carbonyl (C=O) groups is 1. The minimum absolute atomic E-state index is 0.0866. The Morgan fingerprint density at radius 1 is 1.08 bits per heavy atom. The van der Waals surface area contributed by atoms with Crippen molar-refractivity contribution in [2.75, 3.05) is 24.5 Å². The maximum Gasteiger partial charge on any atom is 0.226 e. The van der Waals surface area contributed by atoms with Crippen molar-refractivity contribution in [3.8, 4) is 17.2 Å². The second-order valence-electron chi connectivity index (χ2n) is 16.0. The third kappa shape index (κ3) is 5.12. The van der Waals surface area contributed by atoms with Gasteiger partial charge in [-0.15, -0.1) is 0 Å². The average molecular weight is 749 g/mol. The minimum Gasteiger partial charge on any atom is -0.368 e. The summed E-state index contributed by atoms with van der Waals surface area (Å²) in [4.78, 5) is 28.7. The average Bonchev–Trinajstić information content (AvgIpc) is 3.43. The number of nitrogens with one attached hydrogen (secondary N) is 1. The number of piperidine rings is 1. The zero-order chi connectivity index (χ0) is 36.3. The number of aromatic nitrogens is 3. The lowest BCUT2D eigenvalue weighted by atomic mass is 9.79. The van der Waals surface area contributed by atoms with Crippen LogP contribution in [0.1, 0.15) is 66.8 Å². The smallest absolute Gasteiger partial charge is 0.226 e. The number of rotatable bonds is 7. The molecule has 1 amide bonds. The highest BCUT2D eigenvalue weighted by Gasteiger charge is 2.55. The van der Waals surface area contributed by atoms with Crippen LogP contribution in [0.25, 0.3) is 32.9 Å². The zero-order valence-electron chi connectivity index (χ0n) is 29.7. The minimum atomic E-state index is -0.460. The van der Waals surface area contributed by atoms with E-state index in [1.807, 2.05) is 26.1 Å². The van der Waals surface area contributed by atoms with E-state index in [0.717, 1.165) is 84.4 Å². The van der Waals surface area contributed by atoms with E-state index in [2.05, 4.69) is 48.9 Å². The number of hydrogen-bond acceptors (Lipinski definition) is 6. The summed E-state index contributed by atoms with van der Waals surface area (Å²) < 4.78 is 19.8. The van der Waals surface area contributed by atoms with Gasteiger partial charge in [0.2, 0.25) is 5.91 Å². The Labute approximate surface area is 317 Å². The number of nitrogens with zero attached hydrogens (tertiary/aromatic N) is 6. The first-order valence-electron chi connectivity index (χ1n) is 18.9. The van der Waals surface area contributed by atoms with Crippen LogP contribution in [0.4, 0.5) is 10.1 Å². The van der Waals surface area contributed by atoms with E-state index in [9.17, 15) is 10.1 Å². The van der Waals surface area contributed by atoms with E-state index in [0.29, 0.717) is 40.1 Å². The number of halogens is 3.